The first-order valence-corrected chi connectivity index (χ1v) is 40.7. The molecule has 15 aromatic rings. The molecular formula is C93H89ClFN23O4. The van der Waals surface area contributed by atoms with Crippen LogP contribution in [0.1, 0.15) is 60.8 Å². The van der Waals surface area contributed by atoms with Crippen LogP contribution in [0.2, 0.25) is 5.28 Å². The molecule has 7 N–H and O–H groups in total. The molecule has 3 fully saturated rings. The number of anilines is 9. The number of nitrogens with one attached hydrogen (secondary N) is 7. The number of fused-ring (bicyclic) bond motifs is 4. The summed E-state index contributed by atoms with van der Waals surface area (Å²) >= 11 is 5.94. The topological polar surface area (TPSA) is 335 Å². The van der Waals surface area contributed by atoms with Gasteiger partial charge in [0.2, 0.25) is 23.1 Å². The minimum absolute atomic E-state index is 0.0151. The maximum atomic E-state index is 14.9. The van der Waals surface area contributed by atoms with Crippen molar-refractivity contribution in [3.8, 4) is 45.0 Å². The lowest BCUT2D eigenvalue weighted by atomic mass is 10.0. The summed E-state index contributed by atoms with van der Waals surface area (Å²) in [5, 5.41) is 41.0. The second-order valence-corrected chi connectivity index (χ2v) is 30.1. The van der Waals surface area contributed by atoms with E-state index in [2.05, 4.69) is 183 Å². The minimum atomic E-state index is -0.269. The molecule has 8 aromatic heterocycles. The van der Waals surface area contributed by atoms with Gasteiger partial charge in [-0.3, -0.25) is 39.6 Å². The van der Waals surface area contributed by atoms with Crippen LogP contribution < -0.4 is 30.7 Å². The summed E-state index contributed by atoms with van der Waals surface area (Å²) < 4.78 is 14.9. The number of piperazine rings is 1. The Bertz CT molecular complexity index is 6320. The molecule has 3 aliphatic heterocycles. The lowest BCUT2D eigenvalue weighted by Gasteiger charge is -2.34. The summed E-state index contributed by atoms with van der Waals surface area (Å²) in [4.78, 5) is 92.5. The number of rotatable bonds is 25. The number of halogens is 2. The SMILES string of the molecule is C=CC(=O)Cc1cccc(-c2nc(Cl)nc3[nH]ncc23)c1.C=CC(=O)Cc1cccc(-c2nc(Nc3ccc(N4CCCCC4)c(F)c3)nc3[nH]ncc23)c1.C=CC(=O)Cc1cccc(-c2nc(Nc3ccc(N4CCCCC4)cc3)nc3[nH]ncc23)c1.C=CC(=O)Cc1cccc(-c2nc(Nc3ccc(N4CCN(C)CC4)cc3)nc3[nH]ncc23)c1. The molecule has 0 atom stereocenters. The monoisotopic (exact) mass is 1650 g/mol. The van der Waals surface area contributed by atoms with E-state index < -0.39 is 0 Å². The fraction of sp³-hybridized carbons (Fsp3) is 0.204. The van der Waals surface area contributed by atoms with E-state index in [1.807, 2.05) is 103 Å². The van der Waals surface area contributed by atoms with E-state index in [-0.39, 0.29) is 40.7 Å². The Hall–Kier alpha value is -14.6. The van der Waals surface area contributed by atoms with Gasteiger partial charge < -0.3 is 35.6 Å². The molecule has 0 saturated carbocycles. The number of hydrogen-bond acceptors (Lipinski definition) is 23. The summed E-state index contributed by atoms with van der Waals surface area (Å²) in [5.74, 6) is 0.909. The molecule has 614 valence electrons. The molecule has 7 aromatic carbocycles. The Balaban J connectivity index is 0.000000128. The van der Waals surface area contributed by atoms with Gasteiger partial charge in [-0.25, -0.2) is 24.3 Å². The van der Waals surface area contributed by atoms with Gasteiger partial charge in [0, 0.05) is 129 Å². The van der Waals surface area contributed by atoms with Crippen LogP contribution in [0.3, 0.4) is 0 Å². The van der Waals surface area contributed by atoms with E-state index in [1.165, 1.54) is 67.4 Å². The third kappa shape index (κ3) is 20.5. The summed E-state index contributed by atoms with van der Waals surface area (Å²) in [6.07, 6.45) is 20.5. The number of carbonyl (C=O) groups excluding carboxylic acids is 4. The molecule has 0 bridgehead atoms. The number of aromatic nitrogens is 16. The van der Waals surface area contributed by atoms with Crippen LogP contribution in [-0.4, -0.2) is 168 Å². The smallest absolute Gasteiger partial charge is 0.229 e. The second-order valence-electron chi connectivity index (χ2n) is 29.8. The molecule has 18 rings (SSSR count). The summed E-state index contributed by atoms with van der Waals surface area (Å²) in [6, 6.07) is 52.7. The number of likely N-dealkylation sites (N-methyl/N-ethyl adjacent to an activating group) is 1. The highest BCUT2D eigenvalue weighted by atomic mass is 35.5. The highest BCUT2D eigenvalue weighted by Gasteiger charge is 2.22. The van der Waals surface area contributed by atoms with Gasteiger partial charge in [-0.05, 0) is 195 Å². The summed E-state index contributed by atoms with van der Waals surface area (Å²) in [6.45, 7) is 22.4. The predicted octanol–water partition coefficient (Wildman–Crippen LogP) is 17.0. The van der Waals surface area contributed by atoms with Gasteiger partial charge >= 0.3 is 0 Å². The average Bonchev–Trinajstić information content (AvgIpc) is 0.934. The Morgan fingerprint density at radius 1 is 0.377 bits per heavy atom. The van der Waals surface area contributed by atoms with Crippen LogP contribution in [-0.2, 0) is 44.9 Å². The van der Waals surface area contributed by atoms with E-state index in [9.17, 15) is 23.6 Å². The molecule has 0 aliphatic carbocycles. The molecule has 0 unspecified atom stereocenters. The molecule has 122 heavy (non-hydrogen) atoms. The van der Waals surface area contributed by atoms with Crippen molar-refractivity contribution in [1.29, 1.82) is 0 Å². The van der Waals surface area contributed by atoms with Crippen LogP contribution in [0.15, 0.2) is 239 Å². The van der Waals surface area contributed by atoms with Gasteiger partial charge in [0.15, 0.2) is 45.7 Å². The molecule has 0 spiro atoms. The molecular weight excluding hydrogens is 1560 g/mol. The first-order valence-electron chi connectivity index (χ1n) is 40.3. The standard InChI is InChI=1S/C26H25FN6O.C26H27N7O.C26H26N6O.C15H11ClN4O/c1-2-20(34)14-17-7-6-8-18(13-17)24-21-16-28-32-25(21)31-26(30-24)29-19-9-10-23(22(27)15-19)33-11-4-3-5-12-33;1-3-22(34)16-18-5-4-6-19(15-18)24-23-17-27-31-25(23)30-26(29-24)28-20-7-9-21(10-8-20)33-13-11-32(2)12-14-33;1-2-22(33)16-18-7-6-8-19(15-18)24-23-17-27-31-25(23)30-26(29-24)28-20-9-11-21(12-10-20)32-13-4-3-5-14-32;1-2-11(21)7-9-4-3-5-10(6-9)13-12-8-17-20-14(12)19-15(16)18-13/h2,6-10,13,15-16H,1,3-5,11-12,14H2,(H2,28,29,30,31,32);3-10,15,17H,1,11-14,16H2,2H3,(H2,27,28,29,30,31);2,6-12,15,17H,1,3-5,13-14,16H2,(H2,27,28,29,30,31);2-6,8H,1,7H2,(H,17,18,19,20). The minimum Gasteiger partial charge on any atom is -0.372 e. The van der Waals surface area contributed by atoms with Crippen LogP contribution in [0.4, 0.5) is 56.4 Å². The number of aromatic amines is 4. The Kier molecular flexibility index (Phi) is 26.2. The van der Waals surface area contributed by atoms with Crippen molar-refractivity contribution in [2.24, 2.45) is 0 Å². The molecule has 27 nitrogen and oxygen atoms in total. The zero-order valence-electron chi connectivity index (χ0n) is 67.3. The Morgan fingerprint density at radius 2 is 0.697 bits per heavy atom. The van der Waals surface area contributed by atoms with E-state index >= 15 is 0 Å². The average molecular weight is 1650 g/mol. The number of H-pyrrole nitrogens is 4. The first kappa shape index (κ1) is 82.5. The van der Waals surface area contributed by atoms with Crippen LogP contribution in [0.5, 0.6) is 0 Å². The zero-order valence-corrected chi connectivity index (χ0v) is 68.1. The van der Waals surface area contributed by atoms with Crippen molar-refractivity contribution in [3.63, 3.8) is 0 Å². The predicted molar refractivity (Wildman–Crippen MR) is 480 cm³/mol. The summed E-state index contributed by atoms with van der Waals surface area (Å²) in [5.41, 5.74) is 17.9. The van der Waals surface area contributed by atoms with Crippen molar-refractivity contribution in [2.75, 3.05) is 90.1 Å². The fourth-order valence-corrected chi connectivity index (χ4v) is 15.0. The van der Waals surface area contributed by atoms with Gasteiger partial charge in [0.1, 0.15) is 5.82 Å². The van der Waals surface area contributed by atoms with Gasteiger partial charge in [-0.15, -0.1) is 0 Å². The zero-order chi connectivity index (χ0) is 84.4. The number of piperidine rings is 2. The van der Waals surface area contributed by atoms with Gasteiger partial charge in [0.05, 0.1) is 74.8 Å². The van der Waals surface area contributed by atoms with Crippen molar-refractivity contribution in [3.05, 3.63) is 273 Å². The second kappa shape index (κ2) is 38.8. The Labute approximate surface area is 707 Å². The number of carbonyl (C=O) groups is 4. The molecule has 29 heteroatoms. The third-order valence-corrected chi connectivity index (χ3v) is 21.3. The van der Waals surface area contributed by atoms with Crippen molar-refractivity contribution in [1.82, 2.24) is 85.6 Å². The molecule has 3 aliphatic rings. The first-order chi connectivity index (χ1) is 59.5. The van der Waals surface area contributed by atoms with E-state index in [4.69, 9.17) is 26.6 Å². The maximum Gasteiger partial charge on any atom is 0.229 e. The van der Waals surface area contributed by atoms with Crippen LogP contribution >= 0.6 is 11.6 Å². The number of hydrogen-bond donors (Lipinski definition) is 7. The van der Waals surface area contributed by atoms with Gasteiger partial charge in [0.25, 0.3) is 0 Å². The number of benzene rings is 7. The van der Waals surface area contributed by atoms with E-state index in [0.717, 1.165) is 154 Å². The Morgan fingerprint density at radius 3 is 1.05 bits per heavy atom. The van der Waals surface area contributed by atoms with Crippen LogP contribution in [0.25, 0.3) is 89.2 Å². The van der Waals surface area contributed by atoms with E-state index in [1.54, 1.807) is 30.9 Å². The highest BCUT2D eigenvalue weighted by molar-refractivity contribution is 6.28. The molecule has 0 radical (unpaired) electrons. The largest absolute Gasteiger partial charge is 0.372 e. The molecule has 11 heterocycles. The van der Waals surface area contributed by atoms with Crippen molar-refractivity contribution in [2.45, 2.75) is 64.2 Å². The quantitative estimate of drug-likeness (QED) is 0.0206. The van der Waals surface area contributed by atoms with Gasteiger partial charge in [-0.2, -0.15) is 40.3 Å². The third-order valence-electron chi connectivity index (χ3n) is 21.2. The van der Waals surface area contributed by atoms with Crippen molar-refractivity contribution < 1.29 is 23.6 Å². The summed E-state index contributed by atoms with van der Waals surface area (Å²) in [7, 11) is 2.16. The highest BCUT2D eigenvalue weighted by Crippen LogP contribution is 2.35. The fourth-order valence-electron chi connectivity index (χ4n) is 14.9. The molecule has 3 saturated heterocycles. The normalized spacial score (nSPS) is 13.4. The lowest BCUT2D eigenvalue weighted by Crippen LogP contribution is -2.44. The molecule has 0 amide bonds. The van der Waals surface area contributed by atoms with Gasteiger partial charge in [-0.1, -0.05) is 99.1 Å². The lowest BCUT2D eigenvalue weighted by molar-refractivity contribution is -0.114. The van der Waals surface area contributed by atoms with Crippen molar-refractivity contribution >= 4 is 131 Å². The van der Waals surface area contributed by atoms with E-state index in [0.29, 0.717) is 82.5 Å². The number of ketones is 4. The number of allylic oxidation sites excluding steroid dienone is 4. The number of nitrogens with zero attached hydrogens (tertiary/aromatic N) is 16. The maximum absolute atomic E-state index is 14.9. The van der Waals surface area contributed by atoms with Crippen LogP contribution in [0, 0.1) is 5.82 Å².